The summed E-state index contributed by atoms with van der Waals surface area (Å²) >= 11 is 0. The quantitative estimate of drug-likeness (QED) is 0.0409. The van der Waals surface area contributed by atoms with Crippen molar-refractivity contribution >= 4 is 70.0 Å². The van der Waals surface area contributed by atoms with E-state index >= 15 is 0 Å². The number of carbonyl (C=O) groups excluding carboxylic acids is 6. The highest BCUT2D eigenvalue weighted by Gasteiger charge is 2.23. The molecule has 0 spiro atoms. The van der Waals surface area contributed by atoms with E-state index < -0.39 is 17.7 Å². The molecule has 6 heterocycles. The van der Waals surface area contributed by atoms with Gasteiger partial charge in [0.25, 0.3) is 35.4 Å². The Hall–Kier alpha value is -11.3. The SMILES string of the molecule is CN1CCC(NC(=O)c2cccc(-c3cnc(N)c(C(=O)Nc4ccccc4)n3)c2)CC1.Nc1ncc(-c2ccc(C(=O)NC3CCOCC3)cc2)nc1C(=O)Nc1ccccc1.Nc1ncc(-c2ccc(C(=O)NCCN3CCCCC3)cc2)nc1C(=O)Nc1ccccc1.[HH].[HH].[HH].[HH].[HH].[HH].[HH].[HH].[HH]. The molecule has 3 fully saturated rings. The van der Waals surface area contributed by atoms with Crippen LogP contribution in [0, 0.1) is 0 Å². The van der Waals surface area contributed by atoms with Crippen molar-refractivity contribution in [2.24, 2.45) is 0 Å². The van der Waals surface area contributed by atoms with Crippen molar-refractivity contribution in [1.82, 2.24) is 55.7 Å². The monoisotopic (exact) mass is 1310 g/mol. The summed E-state index contributed by atoms with van der Waals surface area (Å²) in [5.41, 5.74) is 25.0. The van der Waals surface area contributed by atoms with E-state index in [-0.39, 0.29) is 77.2 Å². The number of benzene rings is 6. The maximum absolute atomic E-state index is 12.8. The van der Waals surface area contributed by atoms with Crippen LogP contribution >= 0.6 is 0 Å². The highest BCUT2D eigenvalue weighted by atomic mass is 16.5. The van der Waals surface area contributed by atoms with E-state index in [9.17, 15) is 28.8 Å². The molecular weight excluding hydrogens is 1210 g/mol. The third-order valence-corrected chi connectivity index (χ3v) is 16.2. The lowest BCUT2D eigenvalue weighted by Gasteiger charge is -2.29. The number of nitrogens with one attached hydrogen (secondary N) is 6. The molecule has 510 valence electrons. The number of piperidine rings is 2. The predicted octanol–water partition coefficient (Wildman–Crippen LogP) is 11.1. The van der Waals surface area contributed by atoms with Gasteiger partial charge < -0.3 is 63.6 Å². The van der Waals surface area contributed by atoms with Crippen molar-refractivity contribution in [1.29, 1.82) is 0 Å². The van der Waals surface area contributed by atoms with Gasteiger partial charge in [0.05, 0.1) is 35.7 Å². The van der Waals surface area contributed by atoms with Gasteiger partial charge in [-0.25, -0.2) is 29.9 Å². The lowest BCUT2D eigenvalue weighted by atomic mass is 10.0. The number of anilines is 6. The highest BCUT2D eigenvalue weighted by molar-refractivity contribution is 6.08. The zero-order chi connectivity index (χ0) is 67.2. The Labute approximate surface area is 569 Å². The summed E-state index contributed by atoms with van der Waals surface area (Å²) in [6, 6.07) is 48.7. The second-order valence-electron chi connectivity index (χ2n) is 23.2. The first-order valence-electron chi connectivity index (χ1n) is 31.9. The van der Waals surface area contributed by atoms with Crippen LogP contribution in [0.15, 0.2) is 182 Å². The van der Waals surface area contributed by atoms with Crippen LogP contribution in [-0.4, -0.2) is 147 Å². The average Bonchev–Trinajstić information content (AvgIpc) is 0.827. The third-order valence-electron chi connectivity index (χ3n) is 16.2. The molecule has 0 aliphatic carbocycles. The summed E-state index contributed by atoms with van der Waals surface area (Å²) in [5.74, 6) is -1.52. The van der Waals surface area contributed by atoms with Crippen LogP contribution in [-0.2, 0) is 4.74 Å². The zero-order valence-electron chi connectivity index (χ0n) is 53.2. The molecule has 0 bridgehead atoms. The summed E-state index contributed by atoms with van der Waals surface area (Å²) in [4.78, 5) is 106. The van der Waals surface area contributed by atoms with Crippen LogP contribution in [0.1, 0.15) is 120 Å². The van der Waals surface area contributed by atoms with Crippen molar-refractivity contribution in [2.75, 3.05) is 92.7 Å². The maximum Gasteiger partial charge on any atom is 0.278 e. The number of amides is 6. The van der Waals surface area contributed by atoms with E-state index in [0.29, 0.717) is 76.2 Å². The predicted molar refractivity (Wildman–Crippen MR) is 390 cm³/mol. The molecular formula is C72H95N17O7. The Morgan fingerprint density at radius 1 is 0.448 bits per heavy atom. The number of aromatic nitrogens is 6. The number of para-hydroxylation sites is 3. The summed E-state index contributed by atoms with van der Waals surface area (Å²) in [7, 11) is 2.09. The van der Waals surface area contributed by atoms with Crippen molar-refractivity contribution < 1.29 is 46.3 Å². The number of carbonyl (C=O) groups is 6. The van der Waals surface area contributed by atoms with Crippen LogP contribution < -0.4 is 49.1 Å². The van der Waals surface area contributed by atoms with Gasteiger partial charge in [0.1, 0.15) is 0 Å². The lowest BCUT2D eigenvalue weighted by Crippen LogP contribution is -2.43. The van der Waals surface area contributed by atoms with Crippen molar-refractivity contribution in [3.05, 3.63) is 216 Å². The lowest BCUT2D eigenvalue weighted by molar-refractivity contribution is 0.0695. The molecule has 3 aromatic heterocycles. The number of ether oxygens (including phenoxy) is 1. The van der Waals surface area contributed by atoms with E-state index in [1.807, 2.05) is 60.7 Å². The van der Waals surface area contributed by atoms with Crippen molar-refractivity contribution in [2.45, 2.75) is 57.0 Å². The third kappa shape index (κ3) is 19.1. The number of likely N-dealkylation sites (tertiary alicyclic amines) is 2. The fourth-order valence-corrected chi connectivity index (χ4v) is 10.8. The normalized spacial score (nSPS) is 14.2. The molecule has 12 N–H and O–H groups in total. The van der Waals surface area contributed by atoms with Gasteiger partial charge in [0.2, 0.25) is 0 Å². The van der Waals surface area contributed by atoms with Gasteiger partial charge in [0.15, 0.2) is 34.5 Å². The Morgan fingerprint density at radius 3 is 1.30 bits per heavy atom. The Bertz CT molecular complexity index is 4160. The first kappa shape index (κ1) is 67.5. The first-order valence-corrected chi connectivity index (χ1v) is 31.9. The van der Waals surface area contributed by atoms with Crippen LogP contribution in [0.3, 0.4) is 0 Å². The Morgan fingerprint density at radius 2 is 0.854 bits per heavy atom. The number of nitrogen functional groups attached to an aromatic ring is 3. The van der Waals surface area contributed by atoms with Gasteiger partial charge in [-0.1, -0.05) is 97.4 Å². The van der Waals surface area contributed by atoms with Crippen molar-refractivity contribution in [3.63, 3.8) is 0 Å². The van der Waals surface area contributed by atoms with Crippen LogP contribution in [0.2, 0.25) is 0 Å². The van der Waals surface area contributed by atoms with E-state index in [2.05, 4.69) is 78.7 Å². The van der Waals surface area contributed by atoms with Gasteiger partial charge >= 0.3 is 0 Å². The Kier molecular flexibility index (Phi) is 23.6. The fourth-order valence-electron chi connectivity index (χ4n) is 10.8. The molecule has 3 aliphatic heterocycles. The average molecular weight is 1310 g/mol. The molecule has 3 aliphatic rings. The smallest absolute Gasteiger partial charge is 0.278 e. The molecule has 24 heteroatoms. The Balaban J connectivity index is 0.000000755. The summed E-state index contributed by atoms with van der Waals surface area (Å²) < 4.78 is 5.32. The zero-order valence-corrected chi connectivity index (χ0v) is 53.2. The second kappa shape index (κ2) is 33.5. The molecule has 6 amide bonds. The minimum Gasteiger partial charge on any atom is -0.382 e. The highest BCUT2D eigenvalue weighted by Crippen LogP contribution is 2.25. The molecule has 3 saturated heterocycles. The van der Waals surface area contributed by atoms with Gasteiger partial charge in [-0.3, -0.25) is 28.8 Å². The summed E-state index contributed by atoms with van der Waals surface area (Å²) in [6.45, 7) is 7.00. The minimum absolute atomic E-state index is 0. The van der Waals surface area contributed by atoms with Crippen LogP contribution in [0.4, 0.5) is 34.5 Å². The topological polar surface area (TPSA) is 346 Å². The molecule has 0 atom stereocenters. The fraction of sp³-hybridized carbons (Fsp3) is 0.250. The molecule has 12 rings (SSSR count). The number of nitrogens with zero attached hydrogens (tertiary/aromatic N) is 8. The molecule has 9 aromatic rings. The van der Waals surface area contributed by atoms with Gasteiger partial charge in [-0.15, -0.1) is 0 Å². The largest absolute Gasteiger partial charge is 0.382 e. The number of hydrogen-bond donors (Lipinski definition) is 9. The molecule has 6 aromatic carbocycles. The first-order chi connectivity index (χ1) is 46.7. The molecule has 24 nitrogen and oxygen atoms in total. The number of rotatable bonds is 17. The van der Waals surface area contributed by atoms with E-state index in [0.717, 1.165) is 69.5 Å². The number of nitrogens with two attached hydrogens (primary N) is 3. The van der Waals surface area contributed by atoms with Crippen LogP contribution in [0.5, 0.6) is 0 Å². The molecule has 0 radical (unpaired) electrons. The number of hydrogen-bond acceptors (Lipinski definition) is 18. The van der Waals surface area contributed by atoms with Crippen LogP contribution in [0.25, 0.3) is 33.8 Å². The van der Waals surface area contributed by atoms with E-state index in [4.69, 9.17) is 21.9 Å². The van der Waals surface area contributed by atoms with Gasteiger partial charge in [0, 0.05) is 102 Å². The summed E-state index contributed by atoms with van der Waals surface area (Å²) in [6.07, 6.45) is 11.8. The maximum atomic E-state index is 12.8. The standard InChI is InChI=1S/C25H28N6O2.C24H26N6O2.C23H23N5O3.9H2/c26-23-22(25(33)29-20-7-3-1-4-8-20)30-21(17-28-23)18-9-11-19(12-10-18)24(32)27-13-16-31-14-5-2-6-15-31;1-30-12-10-19(11-13-30)27-23(31)17-7-5-6-16(14-17)20-15-26-22(25)21(29-20)24(32)28-18-8-3-2-4-9-18;24-21-20(23(30)27-17-4-2-1-3-5-17)28-19(14-25-21)15-6-8-16(9-7-15)22(29)26-18-10-12-31-13-11-18;;;;;;;;;/h1,3-4,7-12,17H,2,5-6,13-16H2,(H2,26,28)(H,27,32)(H,29,33);2-9,14-15,19H,10-13H2,1H3,(H2,25,26)(H,27,31)(H,28,32);1-9,14,18H,10-13H2,(H2,24,25)(H,26,29)(H,27,30);9*1H. The molecule has 0 unspecified atom stereocenters. The molecule has 96 heavy (non-hydrogen) atoms. The van der Waals surface area contributed by atoms with E-state index in [1.54, 1.807) is 103 Å². The second-order valence-corrected chi connectivity index (χ2v) is 23.2. The van der Waals surface area contributed by atoms with E-state index in [1.165, 1.54) is 37.9 Å². The van der Waals surface area contributed by atoms with Gasteiger partial charge in [-0.05, 0) is 145 Å². The summed E-state index contributed by atoms with van der Waals surface area (Å²) in [5, 5.41) is 17.4. The molecule has 0 saturated carbocycles. The van der Waals surface area contributed by atoms with Crippen molar-refractivity contribution in [3.8, 4) is 33.8 Å². The minimum atomic E-state index is -0.445. The van der Waals surface area contributed by atoms with Gasteiger partial charge in [-0.2, -0.15) is 0 Å².